The van der Waals surface area contributed by atoms with E-state index in [4.69, 9.17) is 0 Å². The minimum absolute atomic E-state index is 0.501. The average molecular weight is 199 g/mol. The first-order valence-corrected chi connectivity index (χ1v) is 5.57. The van der Waals surface area contributed by atoms with E-state index >= 15 is 0 Å². The smallest absolute Gasteiger partial charge is 0.0109 e. The highest BCUT2D eigenvalue weighted by molar-refractivity contribution is 4.87. The summed E-state index contributed by atoms with van der Waals surface area (Å²) >= 11 is 0. The normalized spacial score (nSPS) is 28.9. The molecule has 84 valence electrons. The molecule has 0 aromatic rings. The van der Waals surface area contributed by atoms with Crippen molar-refractivity contribution in [3.05, 3.63) is 0 Å². The number of likely N-dealkylation sites (N-methyl/N-ethyl adjacent to an activating group) is 1. The summed E-state index contributed by atoms with van der Waals surface area (Å²) in [7, 11) is 6.33. The molecule has 1 fully saturated rings. The summed E-state index contributed by atoms with van der Waals surface area (Å²) in [5, 5.41) is 3.30. The van der Waals surface area contributed by atoms with Crippen molar-refractivity contribution in [3.8, 4) is 0 Å². The zero-order valence-electron chi connectivity index (χ0n) is 10.1. The first-order chi connectivity index (χ1) is 6.56. The summed E-state index contributed by atoms with van der Waals surface area (Å²) < 4.78 is 0. The maximum absolute atomic E-state index is 3.30. The number of hydrogen-bond acceptors (Lipinski definition) is 3. The van der Waals surface area contributed by atoms with Gasteiger partial charge in [0.15, 0.2) is 0 Å². The molecule has 0 aromatic carbocycles. The Balaban J connectivity index is 2.26. The van der Waals surface area contributed by atoms with Crippen LogP contribution in [0.3, 0.4) is 0 Å². The third kappa shape index (κ3) is 3.56. The first-order valence-electron chi connectivity index (χ1n) is 5.57. The Kier molecular flexibility index (Phi) is 4.35. The van der Waals surface area contributed by atoms with E-state index in [1.54, 1.807) is 0 Å². The van der Waals surface area contributed by atoms with Gasteiger partial charge >= 0.3 is 0 Å². The Hall–Kier alpha value is -0.120. The molecule has 3 heteroatoms. The topological polar surface area (TPSA) is 18.5 Å². The molecular formula is C11H25N3. The van der Waals surface area contributed by atoms with Gasteiger partial charge in [-0.1, -0.05) is 6.92 Å². The Bertz CT molecular complexity index is 170. The fourth-order valence-electron chi connectivity index (χ4n) is 2.23. The monoisotopic (exact) mass is 199 g/mol. The van der Waals surface area contributed by atoms with Crippen LogP contribution < -0.4 is 5.32 Å². The van der Waals surface area contributed by atoms with Crippen molar-refractivity contribution in [1.29, 1.82) is 0 Å². The zero-order chi connectivity index (χ0) is 10.6. The van der Waals surface area contributed by atoms with Crippen molar-refractivity contribution in [1.82, 2.24) is 15.1 Å². The number of likely N-dealkylation sites (tertiary alicyclic amines) is 1. The summed E-state index contributed by atoms with van der Waals surface area (Å²) in [4.78, 5) is 4.84. The number of nitrogens with zero attached hydrogens (tertiary/aromatic N) is 2. The van der Waals surface area contributed by atoms with Crippen LogP contribution in [0.1, 0.15) is 13.3 Å². The number of rotatable bonds is 5. The van der Waals surface area contributed by atoms with E-state index in [9.17, 15) is 0 Å². The maximum atomic E-state index is 3.30. The van der Waals surface area contributed by atoms with Crippen LogP contribution in [0.15, 0.2) is 0 Å². The molecule has 1 aliphatic heterocycles. The van der Waals surface area contributed by atoms with Gasteiger partial charge in [-0.15, -0.1) is 0 Å². The lowest BCUT2D eigenvalue weighted by Gasteiger charge is -2.24. The molecule has 1 unspecified atom stereocenters. The highest BCUT2D eigenvalue weighted by Gasteiger charge is 2.32. The molecule has 1 heterocycles. The van der Waals surface area contributed by atoms with Crippen LogP contribution >= 0.6 is 0 Å². The molecule has 0 spiro atoms. The van der Waals surface area contributed by atoms with Gasteiger partial charge in [-0.2, -0.15) is 0 Å². The quantitative estimate of drug-likeness (QED) is 0.695. The Morgan fingerprint density at radius 1 is 1.43 bits per heavy atom. The van der Waals surface area contributed by atoms with Gasteiger partial charge in [0.05, 0.1) is 0 Å². The van der Waals surface area contributed by atoms with Gasteiger partial charge in [0.1, 0.15) is 0 Å². The minimum atomic E-state index is 0.501. The molecular weight excluding hydrogens is 174 g/mol. The fraction of sp³-hybridized carbons (Fsp3) is 1.00. The van der Waals surface area contributed by atoms with Crippen LogP contribution in [0, 0.1) is 5.41 Å². The van der Waals surface area contributed by atoms with E-state index in [0.29, 0.717) is 5.41 Å². The Morgan fingerprint density at radius 2 is 2.14 bits per heavy atom. The van der Waals surface area contributed by atoms with Crippen LogP contribution in [0.25, 0.3) is 0 Å². The molecule has 3 nitrogen and oxygen atoms in total. The van der Waals surface area contributed by atoms with E-state index in [1.165, 1.54) is 32.6 Å². The third-order valence-electron chi connectivity index (χ3n) is 3.10. The summed E-state index contributed by atoms with van der Waals surface area (Å²) in [6.45, 7) is 8.44. The van der Waals surface area contributed by atoms with Crippen LogP contribution in [0.4, 0.5) is 0 Å². The SMILES string of the molecule is CNCC1(C)CCN(CCN(C)C)C1. The van der Waals surface area contributed by atoms with Crippen LogP contribution in [-0.4, -0.2) is 63.7 Å². The summed E-state index contributed by atoms with van der Waals surface area (Å²) in [5.74, 6) is 0. The average Bonchev–Trinajstić information content (AvgIpc) is 2.45. The predicted octanol–water partition coefficient (Wildman–Crippen LogP) is 0.479. The van der Waals surface area contributed by atoms with Gasteiger partial charge in [-0.3, -0.25) is 0 Å². The van der Waals surface area contributed by atoms with Gasteiger partial charge in [0.2, 0.25) is 0 Å². The highest BCUT2D eigenvalue weighted by atomic mass is 15.2. The molecule has 1 saturated heterocycles. The largest absolute Gasteiger partial charge is 0.319 e. The fourth-order valence-corrected chi connectivity index (χ4v) is 2.23. The van der Waals surface area contributed by atoms with Gasteiger partial charge in [0, 0.05) is 26.2 Å². The van der Waals surface area contributed by atoms with Crippen molar-refractivity contribution >= 4 is 0 Å². The van der Waals surface area contributed by atoms with Gasteiger partial charge in [0.25, 0.3) is 0 Å². The second kappa shape index (κ2) is 5.10. The second-order valence-electron chi connectivity index (χ2n) is 5.17. The standard InChI is InChI=1S/C11H25N3/c1-11(9-12-2)5-6-14(10-11)8-7-13(3)4/h12H,5-10H2,1-4H3. The predicted molar refractivity (Wildman–Crippen MR) is 61.6 cm³/mol. The lowest BCUT2D eigenvalue weighted by Crippen LogP contribution is -2.35. The summed E-state index contributed by atoms with van der Waals surface area (Å²) in [6, 6.07) is 0. The molecule has 0 amide bonds. The van der Waals surface area contributed by atoms with Crippen LogP contribution in [0.5, 0.6) is 0 Å². The van der Waals surface area contributed by atoms with E-state index in [0.717, 1.165) is 6.54 Å². The zero-order valence-corrected chi connectivity index (χ0v) is 10.1. The van der Waals surface area contributed by atoms with Crippen LogP contribution in [0.2, 0.25) is 0 Å². The van der Waals surface area contributed by atoms with Gasteiger partial charge in [-0.05, 0) is 39.5 Å². The third-order valence-corrected chi connectivity index (χ3v) is 3.10. The van der Waals surface area contributed by atoms with Crippen molar-refractivity contribution in [2.24, 2.45) is 5.41 Å². The van der Waals surface area contributed by atoms with E-state index in [1.807, 2.05) is 7.05 Å². The van der Waals surface area contributed by atoms with Gasteiger partial charge in [-0.25, -0.2) is 0 Å². The molecule has 1 aliphatic rings. The van der Waals surface area contributed by atoms with Crippen molar-refractivity contribution in [2.45, 2.75) is 13.3 Å². The Morgan fingerprint density at radius 3 is 2.71 bits per heavy atom. The Labute approximate surface area is 88.5 Å². The molecule has 0 aromatic heterocycles. The number of nitrogens with one attached hydrogen (secondary N) is 1. The van der Waals surface area contributed by atoms with Crippen LogP contribution in [-0.2, 0) is 0 Å². The molecule has 1 atom stereocenters. The maximum Gasteiger partial charge on any atom is 0.0109 e. The second-order valence-corrected chi connectivity index (χ2v) is 5.17. The number of hydrogen-bond donors (Lipinski definition) is 1. The van der Waals surface area contributed by atoms with Crippen molar-refractivity contribution < 1.29 is 0 Å². The molecule has 0 bridgehead atoms. The molecule has 1 N–H and O–H groups in total. The molecule has 1 rings (SSSR count). The first kappa shape index (κ1) is 12.0. The lowest BCUT2D eigenvalue weighted by atomic mass is 9.90. The highest BCUT2D eigenvalue weighted by Crippen LogP contribution is 2.28. The molecule has 14 heavy (non-hydrogen) atoms. The van der Waals surface area contributed by atoms with E-state index < -0.39 is 0 Å². The molecule has 0 aliphatic carbocycles. The summed E-state index contributed by atoms with van der Waals surface area (Å²) in [6.07, 6.45) is 1.33. The van der Waals surface area contributed by atoms with E-state index in [-0.39, 0.29) is 0 Å². The van der Waals surface area contributed by atoms with Gasteiger partial charge < -0.3 is 15.1 Å². The molecule has 0 radical (unpaired) electrons. The molecule has 0 saturated carbocycles. The van der Waals surface area contributed by atoms with E-state index in [2.05, 4.69) is 36.1 Å². The summed E-state index contributed by atoms with van der Waals surface area (Å²) in [5.41, 5.74) is 0.501. The van der Waals surface area contributed by atoms with Crippen molar-refractivity contribution in [3.63, 3.8) is 0 Å². The minimum Gasteiger partial charge on any atom is -0.319 e. The van der Waals surface area contributed by atoms with Crippen molar-refractivity contribution in [2.75, 3.05) is 53.9 Å². The lowest BCUT2D eigenvalue weighted by molar-refractivity contribution is 0.246.